The van der Waals surface area contributed by atoms with E-state index in [-0.39, 0.29) is 22.8 Å². The summed E-state index contributed by atoms with van der Waals surface area (Å²) in [4.78, 5) is 18.0. The molecular weight excluding hydrogens is 275 g/mol. The van der Waals surface area contributed by atoms with Crippen LogP contribution in [0.5, 0.6) is 0 Å². The Bertz CT molecular complexity index is 425. The second-order valence-corrected chi connectivity index (χ2v) is 4.84. The molecule has 1 heterocycles. The Balaban J connectivity index is 2.98. The topological polar surface area (TPSA) is 42.4 Å². The first-order valence-electron chi connectivity index (χ1n) is 5.59. The van der Waals surface area contributed by atoms with Gasteiger partial charge in [-0.15, -0.1) is 0 Å². The van der Waals surface area contributed by atoms with Crippen LogP contribution >= 0.6 is 23.2 Å². The Morgan fingerprint density at radius 2 is 2.11 bits per heavy atom. The first-order valence-corrected chi connectivity index (χ1v) is 6.35. The maximum atomic E-state index is 12.3. The number of rotatable bonds is 5. The van der Waals surface area contributed by atoms with Gasteiger partial charge in [-0.2, -0.15) is 0 Å². The van der Waals surface area contributed by atoms with Crippen LogP contribution in [0.3, 0.4) is 0 Å². The van der Waals surface area contributed by atoms with Crippen LogP contribution in [0.25, 0.3) is 0 Å². The predicted octanol–water partition coefficient (Wildman–Crippen LogP) is 2.89. The molecule has 1 aromatic heterocycles. The van der Waals surface area contributed by atoms with Crippen LogP contribution in [0.2, 0.25) is 10.2 Å². The van der Waals surface area contributed by atoms with Gasteiger partial charge in [0.2, 0.25) is 0 Å². The molecule has 18 heavy (non-hydrogen) atoms. The number of ether oxygens (including phenoxy) is 1. The molecule has 0 aliphatic heterocycles. The third-order valence-electron chi connectivity index (χ3n) is 2.44. The van der Waals surface area contributed by atoms with Gasteiger partial charge >= 0.3 is 0 Å². The number of amides is 1. The zero-order valence-corrected chi connectivity index (χ0v) is 12.1. The van der Waals surface area contributed by atoms with Crippen molar-refractivity contribution in [1.29, 1.82) is 0 Å². The molecule has 0 N–H and O–H groups in total. The average Bonchev–Trinajstić information content (AvgIpc) is 2.32. The molecular formula is C12H16Cl2N2O2. The fourth-order valence-electron chi connectivity index (χ4n) is 1.49. The van der Waals surface area contributed by atoms with Gasteiger partial charge in [0, 0.05) is 19.7 Å². The number of nitrogens with zero attached hydrogens (tertiary/aromatic N) is 2. The molecule has 6 heteroatoms. The molecule has 0 radical (unpaired) electrons. The number of halogens is 2. The molecule has 0 aromatic carbocycles. The highest BCUT2D eigenvalue weighted by atomic mass is 35.5. The lowest BCUT2D eigenvalue weighted by atomic mass is 10.2. The number of carbonyl (C=O) groups excluding carboxylic acids is 1. The summed E-state index contributed by atoms with van der Waals surface area (Å²) < 4.78 is 4.99. The molecule has 0 spiro atoms. The number of hydrogen-bond donors (Lipinski definition) is 0. The van der Waals surface area contributed by atoms with E-state index in [0.717, 1.165) is 0 Å². The monoisotopic (exact) mass is 290 g/mol. The fourth-order valence-corrected chi connectivity index (χ4v) is 1.82. The second-order valence-electron chi connectivity index (χ2n) is 4.05. The maximum absolute atomic E-state index is 12.3. The van der Waals surface area contributed by atoms with Crippen molar-refractivity contribution in [3.8, 4) is 0 Å². The molecule has 0 aliphatic rings. The number of pyridine rings is 1. The molecule has 0 atom stereocenters. The van der Waals surface area contributed by atoms with Crippen LogP contribution in [-0.2, 0) is 4.74 Å². The molecule has 1 rings (SSSR count). The Labute approximate surface area is 117 Å². The summed E-state index contributed by atoms with van der Waals surface area (Å²) in [6.45, 7) is 4.79. The zero-order chi connectivity index (χ0) is 13.7. The van der Waals surface area contributed by atoms with Gasteiger partial charge in [-0.1, -0.05) is 23.2 Å². The minimum absolute atomic E-state index is 0.0319. The van der Waals surface area contributed by atoms with E-state index < -0.39 is 0 Å². The lowest BCUT2D eigenvalue weighted by Crippen LogP contribution is -2.39. The summed E-state index contributed by atoms with van der Waals surface area (Å²) in [5.74, 6) is -0.241. The van der Waals surface area contributed by atoms with Gasteiger partial charge in [-0.05, 0) is 26.0 Å². The number of carbonyl (C=O) groups is 1. The number of aromatic nitrogens is 1. The highest BCUT2D eigenvalue weighted by molar-refractivity contribution is 6.34. The normalized spacial score (nSPS) is 10.8. The van der Waals surface area contributed by atoms with Crippen molar-refractivity contribution in [2.45, 2.75) is 19.9 Å². The van der Waals surface area contributed by atoms with Gasteiger partial charge in [-0.3, -0.25) is 4.79 Å². The Morgan fingerprint density at radius 1 is 1.44 bits per heavy atom. The quantitative estimate of drug-likeness (QED) is 0.783. The van der Waals surface area contributed by atoms with Gasteiger partial charge in [0.05, 0.1) is 11.6 Å². The van der Waals surface area contributed by atoms with Crippen LogP contribution in [0.15, 0.2) is 12.1 Å². The van der Waals surface area contributed by atoms with Crippen molar-refractivity contribution in [1.82, 2.24) is 9.88 Å². The summed E-state index contributed by atoms with van der Waals surface area (Å²) in [5.41, 5.74) is 0.175. The summed E-state index contributed by atoms with van der Waals surface area (Å²) in [6, 6.07) is 3.15. The molecule has 4 nitrogen and oxygen atoms in total. The lowest BCUT2D eigenvalue weighted by Gasteiger charge is -2.26. The standard InChI is InChI=1S/C12H16Cl2N2O2/c1-8(2)16(6-7-18-3)12(17)11-9(13)4-5-10(14)15-11/h4-5,8H,6-7H2,1-3H3. The van der Waals surface area contributed by atoms with Gasteiger partial charge in [0.1, 0.15) is 10.8 Å². The molecule has 100 valence electrons. The molecule has 0 saturated carbocycles. The molecule has 1 amide bonds. The van der Waals surface area contributed by atoms with Crippen molar-refractivity contribution in [2.24, 2.45) is 0 Å². The smallest absolute Gasteiger partial charge is 0.274 e. The summed E-state index contributed by atoms with van der Waals surface area (Å²) in [5, 5.41) is 0.547. The van der Waals surface area contributed by atoms with Crippen molar-refractivity contribution >= 4 is 29.1 Å². The van der Waals surface area contributed by atoms with Crippen LogP contribution in [0.4, 0.5) is 0 Å². The van der Waals surface area contributed by atoms with E-state index in [1.807, 2.05) is 13.8 Å². The van der Waals surface area contributed by atoms with Gasteiger partial charge < -0.3 is 9.64 Å². The zero-order valence-electron chi connectivity index (χ0n) is 10.6. The summed E-state index contributed by atoms with van der Waals surface area (Å²) in [6.07, 6.45) is 0. The Kier molecular flexibility index (Phi) is 5.85. The van der Waals surface area contributed by atoms with E-state index in [9.17, 15) is 4.79 Å². The first-order chi connectivity index (χ1) is 8.47. The van der Waals surface area contributed by atoms with Crippen LogP contribution in [0, 0.1) is 0 Å². The third-order valence-corrected chi connectivity index (χ3v) is 2.95. The summed E-state index contributed by atoms with van der Waals surface area (Å²) >= 11 is 11.8. The van der Waals surface area contributed by atoms with Crippen LogP contribution in [0.1, 0.15) is 24.3 Å². The summed E-state index contributed by atoms with van der Waals surface area (Å²) in [7, 11) is 1.59. The Hall–Kier alpha value is -0.840. The minimum Gasteiger partial charge on any atom is -0.383 e. The number of hydrogen-bond acceptors (Lipinski definition) is 3. The molecule has 0 aliphatic carbocycles. The maximum Gasteiger partial charge on any atom is 0.274 e. The largest absolute Gasteiger partial charge is 0.383 e. The van der Waals surface area contributed by atoms with Crippen LogP contribution in [-0.4, -0.2) is 42.1 Å². The van der Waals surface area contributed by atoms with E-state index in [4.69, 9.17) is 27.9 Å². The number of methoxy groups -OCH3 is 1. The lowest BCUT2D eigenvalue weighted by molar-refractivity contribution is 0.0629. The van der Waals surface area contributed by atoms with E-state index >= 15 is 0 Å². The highest BCUT2D eigenvalue weighted by Crippen LogP contribution is 2.19. The molecule has 0 fully saturated rings. The third kappa shape index (κ3) is 3.83. The van der Waals surface area contributed by atoms with Crippen LogP contribution < -0.4 is 0 Å². The van der Waals surface area contributed by atoms with Crippen molar-refractivity contribution < 1.29 is 9.53 Å². The molecule has 0 saturated heterocycles. The predicted molar refractivity (Wildman–Crippen MR) is 72.3 cm³/mol. The average molecular weight is 291 g/mol. The highest BCUT2D eigenvalue weighted by Gasteiger charge is 2.22. The van der Waals surface area contributed by atoms with Gasteiger partial charge in [0.25, 0.3) is 5.91 Å². The van der Waals surface area contributed by atoms with E-state index in [0.29, 0.717) is 18.2 Å². The second kappa shape index (κ2) is 6.92. The van der Waals surface area contributed by atoms with E-state index in [1.54, 1.807) is 24.1 Å². The minimum atomic E-state index is -0.241. The molecule has 1 aromatic rings. The van der Waals surface area contributed by atoms with Crippen molar-refractivity contribution in [3.05, 3.63) is 28.0 Å². The molecule has 0 bridgehead atoms. The Morgan fingerprint density at radius 3 is 2.67 bits per heavy atom. The SMILES string of the molecule is COCCN(C(=O)c1nc(Cl)ccc1Cl)C(C)C. The van der Waals surface area contributed by atoms with Gasteiger partial charge in [0.15, 0.2) is 0 Å². The van der Waals surface area contributed by atoms with E-state index in [2.05, 4.69) is 4.98 Å². The van der Waals surface area contributed by atoms with Gasteiger partial charge in [-0.25, -0.2) is 4.98 Å². The molecule has 0 unspecified atom stereocenters. The first kappa shape index (κ1) is 15.2. The fraction of sp³-hybridized carbons (Fsp3) is 0.500. The van der Waals surface area contributed by atoms with Crippen molar-refractivity contribution in [2.75, 3.05) is 20.3 Å². The van der Waals surface area contributed by atoms with Crippen molar-refractivity contribution in [3.63, 3.8) is 0 Å². The van der Waals surface area contributed by atoms with E-state index in [1.165, 1.54) is 0 Å².